The van der Waals surface area contributed by atoms with Gasteiger partial charge < -0.3 is 10.2 Å². The minimum Gasteiger partial charge on any atom is -0.350 e. The standard InChI is InChI=1S/C22H25Cl3N2O2/c1-14(21(29)26-22(2,3)4)27(13-16-7-10-18(24)19(25)11-16)20(28)12-15-5-8-17(23)9-6-15/h5-11,14H,12-13H2,1-4H3,(H,26,29)/t14-/m0/s1. The van der Waals surface area contributed by atoms with Crippen LogP contribution >= 0.6 is 34.8 Å². The van der Waals surface area contributed by atoms with E-state index in [0.717, 1.165) is 11.1 Å². The van der Waals surface area contributed by atoms with Gasteiger partial charge >= 0.3 is 0 Å². The summed E-state index contributed by atoms with van der Waals surface area (Å²) >= 11 is 18.0. The lowest BCUT2D eigenvalue weighted by molar-refractivity contribution is -0.140. The molecule has 0 aromatic heterocycles. The van der Waals surface area contributed by atoms with Gasteiger partial charge in [-0.05, 0) is 63.1 Å². The zero-order chi connectivity index (χ0) is 21.8. The van der Waals surface area contributed by atoms with E-state index in [1.807, 2.05) is 20.8 Å². The molecule has 2 rings (SSSR count). The summed E-state index contributed by atoms with van der Waals surface area (Å²) in [5, 5.41) is 4.38. The number of benzene rings is 2. The minimum absolute atomic E-state index is 0.158. The van der Waals surface area contributed by atoms with Crippen molar-refractivity contribution in [3.8, 4) is 0 Å². The lowest BCUT2D eigenvalue weighted by Crippen LogP contribution is -2.52. The Morgan fingerprint density at radius 2 is 1.55 bits per heavy atom. The van der Waals surface area contributed by atoms with E-state index in [0.29, 0.717) is 15.1 Å². The van der Waals surface area contributed by atoms with Gasteiger partial charge in [0.25, 0.3) is 0 Å². The van der Waals surface area contributed by atoms with Crippen LogP contribution in [0.1, 0.15) is 38.8 Å². The third-order valence-corrected chi connectivity index (χ3v) is 5.26. The van der Waals surface area contributed by atoms with Gasteiger partial charge in [-0.2, -0.15) is 0 Å². The van der Waals surface area contributed by atoms with Crippen molar-refractivity contribution in [1.82, 2.24) is 10.2 Å². The predicted molar refractivity (Wildman–Crippen MR) is 120 cm³/mol. The first-order valence-corrected chi connectivity index (χ1v) is 10.4. The Kier molecular flexibility index (Phi) is 7.98. The molecular formula is C22H25Cl3N2O2. The number of rotatable bonds is 6. The molecule has 0 radical (unpaired) electrons. The van der Waals surface area contributed by atoms with Crippen LogP contribution in [0.25, 0.3) is 0 Å². The number of nitrogens with one attached hydrogen (secondary N) is 1. The maximum atomic E-state index is 13.1. The highest BCUT2D eigenvalue weighted by molar-refractivity contribution is 6.42. The van der Waals surface area contributed by atoms with Crippen LogP contribution in [0.3, 0.4) is 0 Å². The van der Waals surface area contributed by atoms with Crippen LogP contribution in [0, 0.1) is 0 Å². The number of carbonyl (C=O) groups is 2. The second kappa shape index (κ2) is 9.84. The van der Waals surface area contributed by atoms with Crippen LogP contribution in [-0.4, -0.2) is 28.3 Å². The number of amides is 2. The molecule has 2 amide bonds. The first-order chi connectivity index (χ1) is 13.5. The number of hydrogen-bond acceptors (Lipinski definition) is 2. The SMILES string of the molecule is C[C@@H](C(=O)NC(C)(C)C)N(Cc1ccc(Cl)c(Cl)c1)C(=O)Cc1ccc(Cl)cc1. The number of carbonyl (C=O) groups excluding carboxylic acids is 2. The van der Waals surface area contributed by atoms with Crippen molar-refractivity contribution in [3.05, 3.63) is 68.7 Å². The van der Waals surface area contributed by atoms with E-state index in [-0.39, 0.29) is 24.8 Å². The highest BCUT2D eigenvalue weighted by Crippen LogP contribution is 2.24. The second-order valence-corrected chi connectivity index (χ2v) is 9.24. The summed E-state index contributed by atoms with van der Waals surface area (Å²) in [6, 6.07) is 11.6. The summed E-state index contributed by atoms with van der Waals surface area (Å²) in [5.41, 5.74) is 1.21. The lowest BCUT2D eigenvalue weighted by atomic mass is 10.1. The van der Waals surface area contributed by atoms with Gasteiger partial charge in [-0.25, -0.2) is 0 Å². The lowest BCUT2D eigenvalue weighted by Gasteiger charge is -2.31. The fraction of sp³-hybridized carbons (Fsp3) is 0.364. The largest absolute Gasteiger partial charge is 0.350 e. The fourth-order valence-corrected chi connectivity index (χ4v) is 3.22. The van der Waals surface area contributed by atoms with Gasteiger partial charge in [-0.15, -0.1) is 0 Å². The van der Waals surface area contributed by atoms with E-state index >= 15 is 0 Å². The van der Waals surface area contributed by atoms with Gasteiger partial charge in [0.15, 0.2) is 0 Å². The molecule has 0 saturated carbocycles. The molecule has 0 unspecified atom stereocenters. The Hall–Kier alpha value is -1.75. The van der Waals surface area contributed by atoms with Crippen LogP contribution in [0.5, 0.6) is 0 Å². The summed E-state index contributed by atoms with van der Waals surface area (Å²) in [4.78, 5) is 27.4. The maximum Gasteiger partial charge on any atom is 0.242 e. The molecule has 1 atom stereocenters. The normalized spacial score (nSPS) is 12.4. The third-order valence-electron chi connectivity index (χ3n) is 4.27. The Morgan fingerprint density at radius 1 is 0.966 bits per heavy atom. The van der Waals surface area contributed by atoms with Crippen LogP contribution in [0.15, 0.2) is 42.5 Å². The molecule has 156 valence electrons. The number of hydrogen-bond donors (Lipinski definition) is 1. The zero-order valence-electron chi connectivity index (χ0n) is 16.9. The van der Waals surface area contributed by atoms with Crippen molar-refractivity contribution in [2.75, 3.05) is 0 Å². The Labute approximate surface area is 187 Å². The van der Waals surface area contributed by atoms with Crippen LogP contribution in [0.2, 0.25) is 15.1 Å². The van der Waals surface area contributed by atoms with Crippen molar-refractivity contribution in [1.29, 1.82) is 0 Å². The van der Waals surface area contributed by atoms with E-state index in [9.17, 15) is 9.59 Å². The van der Waals surface area contributed by atoms with Crippen molar-refractivity contribution in [2.24, 2.45) is 0 Å². The van der Waals surface area contributed by atoms with Gasteiger partial charge in [-0.1, -0.05) is 53.0 Å². The van der Waals surface area contributed by atoms with Crippen LogP contribution in [-0.2, 0) is 22.6 Å². The summed E-state index contributed by atoms with van der Waals surface area (Å²) in [5.74, 6) is -0.392. The van der Waals surface area contributed by atoms with E-state index in [2.05, 4.69) is 5.32 Å². The third kappa shape index (κ3) is 7.22. The molecule has 0 spiro atoms. The second-order valence-electron chi connectivity index (χ2n) is 7.99. The summed E-state index contributed by atoms with van der Waals surface area (Å²) in [7, 11) is 0. The van der Waals surface area contributed by atoms with Crippen molar-refractivity contribution in [3.63, 3.8) is 0 Å². The highest BCUT2D eigenvalue weighted by atomic mass is 35.5. The number of halogens is 3. The average molecular weight is 456 g/mol. The van der Waals surface area contributed by atoms with E-state index in [1.165, 1.54) is 0 Å². The van der Waals surface area contributed by atoms with E-state index < -0.39 is 11.6 Å². The number of nitrogens with zero attached hydrogens (tertiary/aromatic N) is 1. The fourth-order valence-electron chi connectivity index (χ4n) is 2.77. The molecule has 2 aromatic carbocycles. The quantitative estimate of drug-likeness (QED) is 0.623. The molecule has 0 saturated heterocycles. The molecule has 0 heterocycles. The van der Waals surface area contributed by atoms with Gasteiger partial charge in [0.1, 0.15) is 6.04 Å². The van der Waals surface area contributed by atoms with Gasteiger partial charge in [0.2, 0.25) is 11.8 Å². The molecule has 4 nitrogen and oxygen atoms in total. The Bertz CT molecular complexity index is 877. The van der Waals surface area contributed by atoms with Crippen molar-refractivity contribution >= 4 is 46.6 Å². The van der Waals surface area contributed by atoms with Crippen LogP contribution in [0.4, 0.5) is 0 Å². The zero-order valence-corrected chi connectivity index (χ0v) is 19.2. The predicted octanol–water partition coefficient (Wildman–Crippen LogP) is 5.52. The van der Waals surface area contributed by atoms with Gasteiger partial charge in [-0.3, -0.25) is 9.59 Å². The minimum atomic E-state index is -0.663. The molecule has 0 aliphatic rings. The molecular weight excluding hydrogens is 431 g/mol. The molecule has 0 bridgehead atoms. The first-order valence-electron chi connectivity index (χ1n) is 9.26. The molecule has 0 aliphatic carbocycles. The Morgan fingerprint density at radius 3 is 2.10 bits per heavy atom. The smallest absolute Gasteiger partial charge is 0.242 e. The van der Waals surface area contributed by atoms with Gasteiger partial charge in [0.05, 0.1) is 16.5 Å². The van der Waals surface area contributed by atoms with Crippen molar-refractivity contribution < 1.29 is 9.59 Å². The molecule has 29 heavy (non-hydrogen) atoms. The molecule has 1 N–H and O–H groups in total. The summed E-state index contributed by atoms with van der Waals surface area (Å²) < 4.78 is 0. The topological polar surface area (TPSA) is 49.4 Å². The maximum absolute atomic E-state index is 13.1. The molecule has 2 aromatic rings. The molecule has 0 fully saturated rings. The first kappa shape index (κ1) is 23.5. The van der Waals surface area contributed by atoms with E-state index in [1.54, 1.807) is 54.3 Å². The van der Waals surface area contributed by atoms with Crippen LogP contribution < -0.4 is 5.32 Å². The molecule has 0 aliphatic heterocycles. The highest BCUT2D eigenvalue weighted by Gasteiger charge is 2.28. The monoisotopic (exact) mass is 454 g/mol. The van der Waals surface area contributed by atoms with Gasteiger partial charge in [0, 0.05) is 17.1 Å². The van der Waals surface area contributed by atoms with E-state index in [4.69, 9.17) is 34.8 Å². The molecule has 7 heteroatoms. The Balaban J connectivity index is 2.27. The van der Waals surface area contributed by atoms with Crippen molar-refractivity contribution in [2.45, 2.75) is 52.2 Å². The summed E-state index contributed by atoms with van der Waals surface area (Å²) in [6.45, 7) is 7.66. The average Bonchev–Trinajstić information content (AvgIpc) is 2.62. The summed E-state index contributed by atoms with van der Waals surface area (Å²) in [6.07, 6.45) is 0.158.